The largest absolute Gasteiger partial charge is 0.266 e. The van der Waals surface area contributed by atoms with Crippen LogP contribution in [0.3, 0.4) is 0 Å². The molecule has 0 aliphatic rings. The summed E-state index contributed by atoms with van der Waals surface area (Å²) in [7, 11) is 0. The predicted molar refractivity (Wildman–Crippen MR) is 30.0 cm³/mol. The Kier molecular flexibility index (Phi) is 3.84. The molecule has 0 rings (SSSR count). The van der Waals surface area contributed by atoms with Crippen LogP contribution in [-0.2, 0) is 0 Å². The molecule has 0 heterocycles. The first-order chi connectivity index (χ1) is 4.22. The molecule has 0 aromatic carbocycles. The highest BCUT2D eigenvalue weighted by molar-refractivity contribution is 5.17. The van der Waals surface area contributed by atoms with Crippen LogP contribution in [0.2, 0.25) is 0 Å². The highest BCUT2D eigenvalue weighted by Crippen LogP contribution is 2.09. The summed E-state index contributed by atoms with van der Waals surface area (Å²) in [6.45, 7) is 1.55. The lowest BCUT2D eigenvalue weighted by molar-refractivity contribution is 0.192. The second-order valence-corrected chi connectivity index (χ2v) is 1.41. The van der Waals surface area contributed by atoms with Gasteiger partial charge in [-0.1, -0.05) is 12.2 Å². The standard InChI is InChI=1S/C6H7F3/c1-2-3-5(4-7)6(8)9/h2-4,6H,1H3. The molecule has 0 aromatic rings. The van der Waals surface area contributed by atoms with Gasteiger partial charge in [0, 0.05) is 5.57 Å². The zero-order valence-corrected chi connectivity index (χ0v) is 4.94. The number of hydrogen-bond acceptors (Lipinski definition) is 0. The van der Waals surface area contributed by atoms with E-state index in [4.69, 9.17) is 0 Å². The molecule has 0 N–H and O–H groups in total. The molecular formula is C6H7F3. The van der Waals surface area contributed by atoms with Crippen LogP contribution >= 0.6 is 0 Å². The van der Waals surface area contributed by atoms with Crippen molar-refractivity contribution in [3.05, 3.63) is 24.1 Å². The SMILES string of the molecule is CC=CC(=CF)C(F)F. The van der Waals surface area contributed by atoms with Crippen molar-refractivity contribution in [2.75, 3.05) is 0 Å². The number of rotatable bonds is 2. The maximum Gasteiger partial charge on any atom is 0.266 e. The highest BCUT2D eigenvalue weighted by Gasteiger charge is 2.05. The zero-order valence-electron chi connectivity index (χ0n) is 4.94. The van der Waals surface area contributed by atoms with E-state index in [2.05, 4.69) is 0 Å². The maximum absolute atomic E-state index is 11.5. The summed E-state index contributed by atoms with van der Waals surface area (Å²) in [6, 6.07) is 0. The predicted octanol–water partition coefficient (Wildman–Crippen LogP) is 2.68. The molecule has 0 atom stereocenters. The van der Waals surface area contributed by atoms with E-state index < -0.39 is 12.0 Å². The van der Waals surface area contributed by atoms with Gasteiger partial charge in [-0.2, -0.15) is 0 Å². The van der Waals surface area contributed by atoms with Crippen LogP contribution in [0.4, 0.5) is 13.2 Å². The third-order valence-electron chi connectivity index (χ3n) is 0.737. The molecule has 0 aliphatic carbocycles. The van der Waals surface area contributed by atoms with E-state index in [9.17, 15) is 13.2 Å². The topological polar surface area (TPSA) is 0 Å². The Balaban J connectivity index is 4.01. The van der Waals surface area contributed by atoms with Gasteiger partial charge in [-0.05, 0) is 6.92 Å². The quantitative estimate of drug-likeness (QED) is 0.512. The van der Waals surface area contributed by atoms with Crippen molar-refractivity contribution in [1.29, 1.82) is 0 Å². The summed E-state index contributed by atoms with van der Waals surface area (Å²) < 4.78 is 34.5. The molecule has 0 spiro atoms. The molecule has 0 amide bonds. The van der Waals surface area contributed by atoms with E-state index in [1.54, 1.807) is 6.92 Å². The Hall–Kier alpha value is -0.730. The molecule has 0 fully saturated rings. The van der Waals surface area contributed by atoms with Crippen molar-refractivity contribution in [2.24, 2.45) is 0 Å². The lowest BCUT2D eigenvalue weighted by Crippen LogP contribution is -1.91. The van der Waals surface area contributed by atoms with Crippen LogP contribution in [0, 0.1) is 0 Å². The van der Waals surface area contributed by atoms with Crippen LogP contribution in [0.25, 0.3) is 0 Å². The molecule has 52 valence electrons. The molecule has 0 bridgehead atoms. The van der Waals surface area contributed by atoms with Gasteiger partial charge in [0.1, 0.15) is 0 Å². The Morgan fingerprint density at radius 3 is 2.11 bits per heavy atom. The van der Waals surface area contributed by atoms with Gasteiger partial charge in [-0.25, -0.2) is 13.2 Å². The van der Waals surface area contributed by atoms with Crippen molar-refractivity contribution in [2.45, 2.75) is 13.3 Å². The van der Waals surface area contributed by atoms with Crippen molar-refractivity contribution in [3.63, 3.8) is 0 Å². The third-order valence-corrected chi connectivity index (χ3v) is 0.737. The molecule has 0 aliphatic heterocycles. The highest BCUT2D eigenvalue weighted by atomic mass is 19.3. The average molecular weight is 136 g/mol. The minimum absolute atomic E-state index is 0.0926. The molecule has 3 heteroatoms. The van der Waals surface area contributed by atoms with E-state index >= 15 is 0 Å². The summed E-state index contributed by atoms with van der Waals surface area (Å²) in [5, 5.41) is 0. The maximum atomic E-state index is 11.5. The van der Waals surface area contributed by atoms with Crippen LogP contribution in [-0.4, -0.2) is 6.43 Å². The Bertz CT molecular complexity index is 124. The number of alkyl halides is 2. The fraction of sp³-hybridized carbons (Fsp3) is 0.333. The van der Waals surface area contributed by atoms with Gasteiger partial charge in [0.25, 0.3) is 6.43 Å². The van der Waals surface area contributed by atoms with Crippen LogP contribution in [0.15, 0.2) is 24.1 Å². The van der Waals surface area contributed by atoms with Crippen LogP contribution in [0.1, 0.15) is 6.92 Å². The second kappa shape index (κ2) is 4.18. The van der Waals surface area contributed by atoms with Crippen molar-refractivity contribution < 1.29 is 13.2 Å². The summed E-state index contributed by atoms with van der Waals surface area (Å²) in [6.07, 6.45) is -0.418. The Morgan fingerprint density at radius 1 is 1.44 bits per heavy atom. The first-order valence-electron chi connectivity index (χ1n) is 2.43. The summed E-state index contributed by atoms with van der Waals surface area (Å²) >= 11 is 0. The monoisotopic (exact) mass is 136 g/mol. The van der Waals surface area contributed by atoms with E-state index in [-0.39, 0.29) is 6.33 Å². The van der Waals surface area contributed by atoms with Gasteiger partial charge < -0.3 is 0 Å². The van der Waals surface area contributed by atoms with Crippen LogP contribution in [0.5, 0.6) is 0 Å². The second-order valence-electron chi connectivity index (χ2n) is 1.41. The minimum atomic E-state index is -2.72. The van der Waals surface area contributed by atoms with Crippen LogP contribution < -0.4 is 0 Å². The molecule has 0 saturated carbocycles. The first kappa shape index (κ1) is 8.27. The Morgan fingerprint density at radius 2 is 2.00 bits per heavy atom. The summed E-state index contributed by atoms with van der Waals surface area (Å²) in [5.41, 5.74) is -0.586. The van der Waals surface area contributed by atoms with Crippen molar-refractivity contribution >= 4 is 0 Å². The lowest BCUT2D eigenvalue weighted by atomic mass is 10.3. The van der Waals surface area contributed by atoms with Gasteiger partial charge in [0.15, 0.2) is 0 Å². The molecule has 0 saturated heterocycles. The number of halogens is 3. The lowest BCUT2D eigenvalue weighted by Gasteiger charge is -1.93. The molecular weight excluding hydrogens is 129 g/mol. The van der Waals surface area contributed by atoms with E-state index in [0.29, 0.717) is 0 Å². The fourth-order valence-corrected chi connectivity index (χ4v) is 0.349. The van der Waals surface area contributed by atoms with Gasteiger partial charge in [0.05, 0.1) is 6.33 Å². The van der Waals surface area contributed by atoms with Gasteiger partial charge in [-0.15, -0.1) is 0 Å². The van der Waals surface area contributed by atoms with E-state index in [1.807, 2.05) is 0 Å². The normalized spacial score (nSPS) is 13.7. The summed E-state index contributed by atoms with van der Waals surface area (Å²) in [5.74, 6) is 0. The third kappa shape index (κ3) is 2.95. The van der Waals surface area contributed by atoms with Gasteiger partial charge >= 0.3 is 0 Å². The van der Waals surface area contributed by atoms with Crippen molar-refractivity contribution in [3.8, 4) is 0 Å². The molecule has 0 aromatic heterocycles. The van der Waals surface area contributed by atoms with E-state index in [0.717, 1.165) is 6.08 Å². The zero-order chi connectivity index (χ0) is 7.28. The van der Waals surface area contributed by atoms with Gasteiger partial charge in [0.2, 0.25) is 0 Å². The number of allylic oxidation sites excluding steroid dienone is 3. The minimum Gasteiger partial charge on any atom is -0.215 e. The van der Waals surface area contributed by atoms with Crippen molar-refractivity contribution in [1.82, 2.24) is 0 Å². The average Bonchev–Trinajstić information content (AvgIpc) is 1.82. The first-order valence-corrected chi connectivity index (χ1v) is 2.43. The summed E-state index contributed by atoms with van der Waals surface area (Å²) in [4.78, 5) is 0. The molecule has 0 unspecified atom stereocenters. The number of hydrogen-bond donors (Lipinski definition) is 0. The fourth-order valence-electron chi connectivity index (χ4n) is 0.349. The molecule has 9 heavy (non-hydrogen) atoms. The van der Waals surface area contributed by atoms with Gasteiger partial charge in [-0.3, -0.25) is 0 Å². The smallest absolute Gasteiger partial charge is 0.215 e. The molecule has 0 nitrogen and oxygen atoms in total. The Labute approximate surface area is 51.7 Å². The van der Waals surface area contributed by atoms with E-state index in [1.165, 1.54) is 6.08 Å². The molecule has 0 radical (unpaired) electrons.